The van der Waals surface area contributed by atoms with Crippen molar-refractivity contribution in [2.24, 2.45) is 0 Å². The molecule has 1 aromatic rings. The van der Waals surface area contributed by atoms with Crippen molar-refractivity contribution in [1.82, 2.24) is 9.80 Å². The molecule has 1 aromatic carbocycles. The van der Waals surface area contributed by atoms with Crippen LogP contribution in [0.5, 0.6) is 0 Å². The van der Waals surface area contributed by atoms with Gasteiger partial charge in [0.25, 0.3) is 11.8 Å². The zero-order valence-electron chi connectivity index (χ0n) is 13.2. The van der Waals surface area contributed by atoms with Crippen molar-refractivity contribution in [2.45, 2.75) is 20.3 Å². The first kappa shape index (κ1) is 17.7. The van der Waals surface area contributed by atoms with Crippen molar-refractivity contribution in [3.8, 4) is 0 Å². The number of amides is 2. The average Bonchev–Trinajstić information content (AvgIpc) is 2.53. The highest BCUT2D eigenvalue weighted by Crippen LogP contribution is 2.10. The summed E-state index contributed by atoms with van der Waals surface area (Å²) in [7, 11) is 1.56. The summed E-state index contributed by atoms with van der Waals surface area (Å²) < 4.78 is 0. The van der Waals surface area contributed by atoms with Crippen LogP contribution >= 0.6 is 0 Å². The smallest absolute Gasteiger partial charge is 0.305 e. The van der Waals surface area contributed by atoms with Crippen LogP contribution in [0.4, 0.5) is 0 Å². The van der Waals surface area contributed by atoms with Crippen molar-refractivity contribution < 1.29 is 19.5 Å². The van der Waals surface area contributed by atoms with E-state index in [0.717, 1.165) is 0 Å². The van der Waals surface area contributed by atoms with Crippen molar-refractivity contribution >= 4 is 17.8 Å². The summed E-state index contributed by atoms with van der Waals surface area (Å²) in [6.45, 7) is 5.24. The Balaban J connectivity index is 2.77. The molecule has 0 atom stereocenters. The zero-order valence-corrected chi connectivity index (χ0v) is 13.2. The Hall–Kier alpha value is -2.37. The van der Waals surface area contributed by atoms with Crippen molar-refractivity contribution in [3.63, 3.8) is 0 Å². The van der Waals surface area contributed by atoms with E-state index in [-0.39, 0.29) is 24.8 Å². The summed E-state index contributed by atoms with van der Waals surface area (Å²) in [5.74, 6) is -1.27. The van der Waals surface area contributed by atoms with Crippen LogP contribution < -0.4 is 0 Å². The third kappa shape index (κ3) is 4.58. The van der Waals surface area contributed by atoms with Gasteiger partial charge in [0, 0.05) is 37.8 Å². The highest BCUT2D eigenvalue weighted by atomic mass is 16.4. The summed E-state index contributed by atoms with van der Waals surface area (Å²) in [5, 5.41) is 8.63. The molecule has 6 heteroatoms. The van der Waals surface area contributed by atoms with E-state index in [2.05, 4.69) is 0 Å². The SMILES string of the molecule is CCN(CC)C(=O)c1ccc(C(=O)N(C)CCC(=O)O)cc1. The van der Waals surface area contributed by atoms with Crippen LogP contribution in [-0.2, 0) is 4.79 Å². The van der Waals surface area contributed by atoms with E-state index in [4.69, 9.17) is 5.11 Å². The first-order chi connectivity index (χ1) is 10.4. The minimum atomic E-state index is -0.945. The summed E-state index contributed by atoms with van der Waals surface area (Å²) in [6.07, 6.45) is -0.0965. The molecule has 0 aliphatic rings. The molecule has 0 spiro atoms. The molecule has 0 aliphatic carbocycles. The van der Waals surface area contributed by atoms with Gasteiger partial charge in [0.15, 0.2) is 0 Å². The number of aliphatic carboxylic acids is 1. The lowest BCUT2D eigenvalue weighted by Gasteiger charge is -2.19. The summed E-state index contributed by atoms with van der Waals surface area (Å²) in [5.41, 5.74) is 0.970. The molecule has 0 saturated carbocycles. The van der Waals surface area contributed by atoms with Gasteiger partial charge in [-0.1, -0.05) is 0 Å². The Morgan fingerprint density at radius 2 is 1.41 bits per heavy atom. The molecular formula is C16H22N2O4. The lowest BCUT2D eigenvalue weighted by atomic mass is 10.1. The number of carboxylic acid groups (broad SMARTS) is 1. The van der Waals surface area contributed by atoms with Gasteiger partial charge in [-0.05, 0) is 38.1 Å². The fraction of sp³-hybridized carbons (Fsp3) is 0.438. The van der Waals surface area contributed by atoms with Crippen LogP contribution in [0.25, 0.3) is 0 Å². The van der Waals surface area contributed by atoms with Crippen LogP contribution in [-0.4, -0.2) is 59.4 Å². The molecular weight excluding hydrogens is 284 g/mol. The van der Waals surface area contributed by atoms with Gasteiger partial charge in [0.05, 0.1) is 6.42 Å². The lowest BCUT2D eigenvalue weighted by Crippen LogP contribution is -2.31. The molecule has 22 heavy (non-hydrogen) atoms. The molecule has 1 N–H and O–H groups in total. The van der Waals surface area contributed by atoms with E-state index >= 15 is 0 Å². The van der Waals surface area contributed by atoms with Gasteiger partial charge < -0.3 is 14.9 Å². The van der Waals surface area contributed by atoms with E-state index in [1.54, 1.807) is 36.2 Å². The highest BCUT2D eigenvalue weighted by molar-refractivity contribution is 5.97. The maximum Gasteiger partial charge on any atom is 0.305 e. The number of carboxylic acids is 1. The van der Waals surface area contributed by atoms with E-state index in [1.807, 2.05) is 13.8 Å². The normalized spacial score (nSPS) is 10.1. The summed E-state index contributed by atoms with van der Waals surface area (Å²) in [4.78, 5) is 37.9. The highest BCUT2D eigenvalue weighted by Gasteiger charge is 2.15. The molecule has 0 aliphatic heterocycles. The third-order valence-corrected chi connectivity index (χ3v) is 3.44. The number of rotatable bonds is 7. The predicted octanol–water partition coefficient (Wildman–Crippen LogP) is 1.72. The lowest BCUT2D eigenvalue weighted by molar-refractivity contribution is -0.137. The van der Waals surface area contributed by atoms with E-state index in [9.17, 15) is 14.4 Å². The molecule has 0 fully saturated rings. The second kappa shape index (κ2) is 8.17. The van der Waals surface area contributed by atoms with Crippen LogP contribution in [0.3, 0.4) is 0 Å². The maximum atomic E-state index is 12.2. The first-order valence-electron chi connectivity index (χ1n) is 7.27. The number of hydrogen-bond donors (Lipinski definition) is 1. The Labute approximate surface area is 130 Å². The number of benzene rings is 1. The molecule has 120 valence electrons. The largest absolute Gasteiger partial charge is 0.481 e. The number of carbonyl (C=O) groups excluding carboxylic acids is 2. The van der Waals surface area contributed by atoms with Crippen LogP contribution in [0.15, 0.2) is 24.3 Å². The van der Waals surface area contributed by atoms with Crippen LogP contribution in [0, 0.1) is 0 Å². The average molecular weight is 306 g/mol. The van der Waals surface area contributed by atoms with E-state index in [1.165, 1.54) is 4.90 Å². The molecule has 0 heterocycles. The standard InChI is InChI=1S/C16H22N2O4/c1-4-18(5-2)16(22)13-8-6-12(7-9-13)15(21)17(3)11-10-14(19)20/h6-9H,4-5,10-11H2,1-3H3,(H,19,20). The quantitative estimate of drug-likeness (QED) is 0.832. The maximum absolute atomic E-state index is 12.2. The van der Waals surface area contributed by atoms with Crippen molar-refractivity contribution in [2.75, 3.05) is 26.7 Å². The molecule has 0 unspecified atom stereocenters. The number of nitrogens with zero attached hydrogens (tertiary/aromatic N) is 2. The molecule has 0 saturated heterocycles. The molecule has 2 amide bonds. The Morgan fingerprint density at radius 1 is 0.955 bits per heavy atom. The number of carbonyl (C=O) groups is 3. The molecule has 0 radical (unpaired) electrons. The fourth-order valence-corrected chi connectivity index (χ4v) is 2.03. The zero-order chi connectivity index (χ0) is 16.7. The molecule has 6 nitrogen and oxygen atoms in total. The van der Waals surface area contributed by atoms with Gasteiger partial charge in [-0.2, -0.15) is 0 Å². The minimum Gasteiger partial charge on any atom is -0.481 e. The van der Waals surface area contributed by atoms with Gasteiger partial charge in [0.2, 0.25) is 0 Å². The van der Waals surface area contributed by atoms with Crippen LogP contribution in [0.2, 0.25) is 0 Å². The number of hydrogen-bond acceptors (Lipinski definition) is 3. The topological polar surface area (TPSA) is 77.9 Å². The van der Waals surface area contributed by atoms with Gasteiger partial charge in [-0.25, -0.2) is 0 Å². The van der Waals surface area contributed by atoms with Gasteiger partial charge in [-0.15, -0.1) is 0 Å². The monoisotopic (exact) mass is 306 g/mol. The van der Waals surface area contributed by atoms with E-state index < -0.39 is 5.97 Å². The van der Waals surface area contributed by atoms with Crippen LogP contribution in [0.1, 0.15) is 41.0 Å². The molecule has 0 aromatic heterocycles. The molecule has 0 bridgehead atoms. The third-order valence-electron chi connectivity index (χ3n) is 3.44. The van der Waals surface area contributed by atoms with E-state index in [0.29, 0.717) is 24.2 Å². The fourth-order valence-electron chi connectivity index (χ4n) is 2.03. The Kier molecular flexibility index (Phi) is 6.56. The minimum absolute atomic E-state index is 0.0665. The second-order valence-electron chi connectivity index (χ2n) is 4.93. The van der Waals surface area contributed by atoms with Gasteiger partial charge in [0.1, 0.15) is 0 Å². The van der Waals surface area contributed by atoms with Crippen molar-refractivity contribution in [1.29, 1.82) is 0 Å². The first-order valence-corrected chi connectivity index (χ1v) is 7.27. The second-order valence-corrected chi connectivity index (χ2v) is 4.93. The summed E-state index contributed by atoms with van der Waals surface area (Å²) >= 11 is 0. The summed E-state index contributed by atoms with van der Waals surface area (Å²) in [6, 6.07) is 6.44. The predicted molar refractivity (Wildman–Crippen MR) is 82.9 cm³/mol. The Bertz CT molecular complexity index is 536. The van der Waals surface area contributed by atoms with Crippen molar-refractivity contribution in [3.05, 3.63) is 35.4 Å². The Morgan fingerprint density at radius 3 is 1.82 bits per heavy atom. The molecule has 1 rings (SSSR count). The van der Waals surface area contributed by atoms with Gasteiger partial charge >= 0.3 is 5.97 Å². The van der Waals surface area contributed by atoms with Gasteiger partial charge in [-0.3, -0.25) is 14.4 Å².